The number of aromatic nitrogens is 2. The molecule has 1 unspecified atom stereocenters. The van der Waals surface area contributed by atoms with E-state index in [4.69, 9.17) is 4.74 Å². The molecule has 0 amide bonds. The van der Waals surface area contributed by atoms with Crippen molar-refractivity contribution in [2.75, 3.05) is 6.61 Å². The topological polar surface area (TPSA) is 47.3 Å². The Morgan fingerprint density at radius 1 is 1.42 bits per heavy atom. The molecule has 1 aliphatic rings. The van der Waals surface area contributed by atoms with Crippen molar-refractivity contribution in [2.45, 2.75) is 25.4 Å². The zero-order valence-corrected chi connectivity index (χ0v) is 11.0. The van der Waals surface area contributed by atoms with Crippen LogP contribution in [0.15, 0.2) is 30.5 Å². The summed E-state index contributed by atoms with van der Waals surface area (Å²) in [5.41, 5.74) is 3.27. The van der Waals surface area contributed by atoms with Gasteiger partial charge in [-0.05, 0) is 36.1 Å². The molecular formula is C15H18N2O2. The van der Waals surface area contributed by atoms with Crippen molar-refractivity contribution in [1.82, 2.24) is 9.78 Å². The van der Waals surface area contributed by atoms with Crippen molar-refractivity contribution in [3.63, 3.8) is 0 Å². The van der Waals surface area contributed by atoms with E-state index in [-0.39, 0.29) is 0 Å². The number of aryl methyl sites for hydroxylation is 2. The summed E-state index contributed by atoms with van der Waals surface area (Å²) >= 11 is 0. The summed E-state index contributed by atoms with van der Waals surface area (Å²) < 4.78 is 7.20. The van der Waals surface area contributed by atoms with Gasteiger partial charge in [-0.1, -0.05) is 12.1 Å². The standard InChI is InChI=1S/C15H18N2O2/c1-17-8-6-13(16-17)14(18)4-2-11-3-5-15-12(10-11)7-9-19-15/h3,5-6,8,10,14,18H,2,4,7,9H2,1H3. The Labute approximate surface area is 112 Å². The predicted octanol–water partition coefficient (Wildman–Crippen LogP) is 2.02. The number of hydrogen-bond donors (Lipinski definition) is 1. The first-order chi connectivity index (χ1) is 9.22. The molecule has 0 saturated carbocycles. The molecule has 4 heteroatoms. The van der Waals surface area contributed by atoms with Crippen LogP contribution in [0.1, 0.15) is 29.3 Å². The average Bonchev–Trinajstić information content (AvgIpc) is 3.03. The van der Waals surface area contributed by atoms with Crippen LogP contribution in [0.25, 0.3) is 0 Å². The lowest BCUT2D eigenvalue weighted by atomic mass is 10.0. The molecule has 0 aliphatic carbocycles. The molecule has 19 heavy (non-hydrogen) atoms. The van der Waals surface area contributed by atoms with Crippen molar-refractivity contribution < 1.29 is 9.84 Å². The van der Waals surface area contributed by atoms with Gasteiger partial charge < -0.3 is 9.84 Å². The van der Waals surface area contributed by atoms with Gasteiger partial charge in [-0.15, -0.1) is 0 Å². The second kappa shape index (κ2) is 5.05. The van der Waals surface area contributed by atoms with E-state index in [2.05, 4.69) is 17.2 Å². The number of fused-ring (bicyclic) bond motifs is 1. The number of benzene rings is 1. The fraction of sp³-hybridized carbons (Fsp3) is 0.400. The molecule has 0 radical (unpaired) electrons. The summed E-state index contributed by atoms with van der Waals surface area (Å²) in [5.74, 6) is 1.01. The first kappa shape index (κ1) is 12.2. The van der Waals surface area contributed by atoms with Crippen LogP contribution in [0.2, 0.25) is 0 Å². The first-order valence-corrected chi connectivity index (χ1v) is 6.64. The summed E-state index contributed by atoms with van der Waals surface area (Å²) in [6, 6.07) is 8.16. The molecule has 0 saturated heterocycles. The van der Waals surface area contributed by atoms with E-state index in [1.54, 1.807) is 4.68 Å². The van der Waals surface area contributed by atoms with Gasteiger partial charge in [0, 0.05) is 19.7 Å². The van der Waals surface area contributed by atoms with Crippen molar-refractivity contribution in [1.29, 1.82) is 0 Å². The molecule has 1 aromatic carbocycles. The van der Waals surface area contributed by atoms with Crippen molar-refractivity contribution in [3.05, 3.63) is 47.3 Å². The monoisotopic (exact) mass is 258 g/mol. The number of hydrogen-bond acceptors (Lipinski definition) is 3. The van der Waals surface area contributed by atoms with E-state index in [0.29, 0.717) is 6.42 Å². The van der Waals surface area contributed by atoms with E-state index in [9.17, 15) is 5.11 Å². The Kier molecular flexibility index (Phi) is 3.25. The first-order valence-electron chi connectivity index (χ1n) is 6.64. The van der Waals surface area contributed by atoms with Gasteiger partial charge in [0.05, 0.1) is 18.4 Å². The van der Waals surface area contributed by atoms with Crippen LogP contribution >= 0.6 is 0 Å². The number of nitrogens with zero attached hydrogens (tertiary/aromatic N) is 2. The molecule has 0 fully saturated rings. The van der Waals surface area contributed by atoms with E-state index in [1.807, 2.05) is 25.4 Å². The van der Waals surface area contributed by atoms with E-state index in [1.165, 1.54) is 11.1 Å². The zero-order chi connectivity index (χ0) is 13.2. The van der Waals surface area contributed by atoms with E-state index >= 15 is 0 Å². The van der Waals surface area contributed by atoms with Crippen molar-refractivity contribution >= 4 is 0 Å². The van der Waals surface area contributed by atoms with Gasteiger partial charge in [0.1, 0.15) is 5.75 Å². The van der Waals surface area contributed by atoms with Gasteiger partial charge in [0.25, 0.3) is 0 Å². The quantitative estimate of drug-likeness (QED) is 0.912. The van der Waals surface area contributed by atoms with Crippen molar-refractivity contribution in [3.8, 4) is 5.75 Å². The largest absolute Gasteiger partial charge is 0.493 e. The van der Waals surface area contributed by atoms with Crippen LogP contribution in [0, 0.1) is 0 Å². The molecule has 4 nitrogen and oxygen atoms in total. The molecule has 0 spiro atoms. The van der Waals surface area contributed by atoms with Crippen LogP contribution in [0.5, 0.6) is 5.75 Å². The smallest absolute Gasteiger partial charge is 0.122 e. The Bertz CT molecular complexity index is 577. The summed E-state index contributed by atoms with van der Waals surface area (Å²) in [7, 11) is 1.86. The highest BCUT2D eigenvalue weighted by Gasteiger charge is 2.14. The molecule has 1 aliphatic heterocycles. The minimum atomic E-state index is -0.495. The van der Waals surface area contributed by atoms with Crippen LogP contribution in [0.3, 0.4) is 0 Å². The maximum absolute atomic E-state index is 10.1. The normalized spacial score (nSPS) is 15.1. The summed E-state index contributed by atoms with van der Waals surface area (Å²) in [5, 5.41) is 14.3. The lowest BCUT2D eigenvalue weighted by Gasteiger charge is -2.08. The van der Waals surface area contributed by atoms with E-state index in [0.717, 1.165) is 30.9 Å². The molecule has 0 bridgehead atoms. The molecule has 2 heterocycles. The number of aliphatic hydroxyl groups is 1. The Morgan fingerprint density at radius 2 is 2.32 bits per heavy atom. The Morgan fingerprint density at radius 3 is 3.11 bits per heavy atom. The molecule has 100 valence electrons. The molecule has 2 aromatic rings. The number of aliphatic hydroxyl groups excluding tert-OH is 1. The Hall–Kier alpha value is -1.81. The highest BCUT2D eigenvalue weighted by molar-refractivity contribution is 5.39. The summed E-state index contributed by atoms with van der Waals surface area (Å²) in [4.78, 5) is 0. The second-order valence-electron chi connectivity index (χ2n) is 5.01. The van der Waals surface area contributed by atoms with Gasteiger partial charge in [0.2, 0.25) is 0 Å². The van der Waals surface area contributed by atoms with Gasteiger partial charge in [-0.25, -0.2) is 0 Å². The molecule has 1 N–H and O–H groups in total. The van der Waals surface area contributed by atoms with Gasteiger partial charge in [-0.2, -0.15) is 5.10 Å². The minimum Gasteiger partial charge on any atom is -0.493 e. The third kappa shape index (κ3) is 2.63. The third-order valence-electron chi connectivity index (χ3n) is 3.54. The van der Waals surface area contributed by atoms with Gasteiger partial charge >= 0.3 is 0 Å². The highest BCUT2D eigenvalue weighted by atomic mass is 16.5. The Balaban J connectivity index is 1.63. The highest BCUT2D eigenvalue weighted by Crippen LogP contribution is 2.27. The average molecular weight is 258 g/mol. The van der Waals surface area contributed by atoms with Crippen LogP contribution in [-0.4, -0.2) is 21.5 Å². The van der Waals surface area contributed by atoms with E-state index < -0.39 is 6.10 Å². The second-order valence-corrected chi connectivity index (χ2v) is 5.01. The fourth-order valence-electron chi connectivity index (χ4n) is 2.46. The van der Waals surface area contributed by atoms with Gasteiger partial charge in [0.15, 0.2) is 0 Å². The number of rotatable bonds is 4. The maximum atomic E-state index is 10.1. The third-order valence-corrected chi connectivity index (χ3v) is 3.54. The molecule has 1 aromatic heterocycles. The van der Waals surface area contributed by atoms with Crippen LogP contribution in [0.4, 0.5) is 0 Å². The molecule has 3 rings (SSSR count). The lowest BCUT2D eigenvalue weighted by molar-refractivity contribution is 0.162. The minimum absolute atomic E-state index is 0.495. The molecular weight excluding hydrogens is 240 g/mol. The lowest BCUT2D eigenvalue weighted by Crippen LogP contribution is -2.02. The van der Waals surface area contributed by atoms with Crippen LogP contribution < -0.4 is 4.74 Å². The molecule has 1 atom stereocenters. The van der Waals surface area contributed by atoms with Gasteiger partial charge in [-0.3, -0.25) is 4.68 Å². The number of ether oxygens (including phenoxy) is 1. The van der Waals surface area contributed by atoms with Crippen LogP contribution in [-0.2, 0) is 19.9 Å². The summed E-state index contributed by atoms with van der Waals surface area (Å²) in [6.07, 6.45) is 3.89. The zero-order valence-electron chi connectivity index (χ0n) is 11.0. The van der Waals surface area contributed by atoms with Crippen molar-refractivity contribution in [2.24, 2.45) is 7.05 Å². The SMILES string of the molecule is Cn1ccc(C(O)CCc2ccc3c(c2)CCO3)n1. The maximum Gasteiger partial charge on any atom is 0.122 e. The summed E-state index contributed by atoms with van der Waals surface area (Å²) in [6.45, 7) is 0.787. The fourth-order valence-corrected chi connectivity index (χ4v) is 2.46. The predicted molar refractivity (Wildman–Crippen MR) is 72.1 cm³/mol.